The van der Waals surface area contributed by atoms with E-state index >= 15 is 0 Å². The first-order chi connectivity index (χ1) is 11.1. The van der Waals surface area contributed by atoms with Crippen molar-refractivity contribution in [2.75, 3.05) is 18.6 Å². The van der Waals surface area contributed by atoms with Gasteiger partial charge < -0.3 is 14.4 Å². The molecule has 0 aliphatic carbocycles. The van der Waals surface area contributed by atoms with Crippen LogP contribution in [0.4, 0.5) is 5.69 Å². The monoisotopic (exact) mass is 311 g/mol. The number of hydrogen-bond acceptors (Lipinski definition) is 3. The van der Waals surface area contributed by atoms with Gasteiger partial charge in [-0.15, -0.1) is 0 Å². The maximum Gasteiger partial charge on any atom is 0.231 e. The van der Waals surface area contributed by atoms with Crippen LogP contribution in [0, 0.1) is 6.92 Å². The number of hydrogen-bond donors (Lipinski definition) is 0. The van der Waals surface area contributed by atoms with E-state index in [1.165, 1.54) is 0 Å². The van der Waals surface area contributed by atoms with Crippen molar-refractivity contribution in [2.24, 2.45) is 0 Å². The number of methoxy groups -OCH3 is 1. The summed E-state index contributed by atoms with van der Waals surface area (Å²) >= 11 is 0. The molecule has 0 bridgehead atoms. The van der Waals surface area contributed by atoms with Crippen molar-refractivity contribution in [1.29, 1.82) is 0 Å². The van der Waals surface area contributed by atoms with Gasteiger partial charge in [-0.3, -0.25) is 4.79 Å². The SMILES string of the molecule is COc1ccccc1CC(=O)N1C[C@H](C)Oc2cc(C)ccc21. The third-order valence-electron chi connectivity index (χ3n) is 4.01. The molecule has 3 rings (SSSR count). The highest BCUT2D eigenvalue weighted by Gasteiger charge is 2.28. The van der Waals surface area contributed by atoms with Crippen LogP contribution < -0.4 is 14.4 Å². The summed E-state index contributed by atoms with van der Waals surface area (Å²) in [7, 11) is 1.62. The summed E-state index contributed by atoms with van der Waals surface area (Å²) in [5, 5.41) is 0. The Kier molecular flexibility index (Phi) is 4.24. The summed E-state index contributed by atoms with van der Waals surface area (Å²) in [5.41, 5.74) is 2.86. The summed E-state index contributed by atoms with van der Waals surface area (Å²) < 4.78 is 11.2. The Morgan fingerprint density at radius 1 is 1.30 bits per heavy atom. The van der Waals surface area contributed by atoms with Crippen LogP contribution in [0.1, 0.15) is 18.1 Å². The largest absolute Gasteiger partial charge is 0.496 e. The van der Waals surface area contributed by atoms with Crippen LogP contribution in [-0.2, 0) is 11.2 Å². The van der Waals surface area contributed by atoms with Crippen LogP contribution in [0.25, 0.3) is 0 Å². The first-order valence-corrected chi connectivity index (χ1v) is 7.78. The van der Waals surface area contributed by atoms with Gasteiger partial charge in [0.15, 0.2) is 0 Å². The second-order valence-corrected chi connectivity index (χ2v) is 5.89. The van der Waals surface area contributed by atoms with E-state index in [2.05, 4.69) is 0 Å². The van der Waals surface area contributed by atoms with E-state index < -0.39 is 0 Å². The minimum atomic E-state index is -0.0223. The third kappa shape index (κ3) is 3.16. The summed E-state index contributed by atoms with van der Waals surface area (Å²) in [4.78, 5) is 14.7. The molecular weight excluding hydrogens is 290 g/mol. The summed E-state index contributed by atoms with van der Waals surface area (Å²) in [5.74, 6) is 1.57. The molecule has 0 saturated heterocycles. The molecule has 1 aliphatic rings. The molecule has 2 aromatic rings. The van der Waals surface area contributed by atoms with Crippen LogP contribution in [-0.4, -0.2) is 25.7 Å². The van der Waals surface area contributed by atoms with Gasteiger partial charge >= 0.3 is 0 Å². The first kappa shape index (κ1) is 15.4. The zero-order valence-corrected chi connectivity index (χ0v) is 13.7. The second kappa shape index (κ2) is 6.32. The van der Waals surface area contributed by atoms with E-state index in [1.54, 1.807) is 7.11 Å². The fraction of sp³-hybridized carbons (Fsp3) is 0.316. The lowest BCUT2D eigenvalue weighted by molar-refractivity contribution is -0.118. The molecule has 4 nitrogen and oxygen atoms in total. The predicted molar refractivity (Wildman–Crippen MR) is 90.3 cm³/mol. The second-order valence-electron chi connectivity index (χ2n) is 5.89. The highest BCUT2D eigenvalue weighted by molar-refractivity contribution is 5.97. The number of aryl methyl sites for hydroxylation is 1. The molecule has 1 amide bonds. The Labute approximate surface area is 136 Å². The van der Waals surface area contributed by atoms with Gasteiger partial charge in [0.2, 0.25) is 5.91 Å². The zero-order valence-electron chi connectivity index (χ0n) is 13.7. The number of nitrogens with zero attached hydrogens (tertiary/aromatic N) is 1. The van der Waals surface area contributed by atoms with Gasteiger partial charge in [-0.2, -0.15) is 0 Å². The fourth-order valence-electron chi connectivity index (χ4n) is 2.89. The first-order valence-electron chi connectivity index (χ1n) is 7.78. The molecule has 1 atom stereocenters. The Balaban J connectivity index is 1.88. The van der Waals surface area contributed by atoms with E-state index in [1.807, 2.05) is 61.2 Å². The summed E-state index contributed by atoms with van der Waals surface area (Å²) in [6.45, 7) is 4.56. The van der Waals surface area contributed by atoms with Crippen molar-refractivity contribution in [3.05, 3.63) is 53.6 Å². The number of para-hydroxylation sites is 1. The fourth-order valence-corrected chi connectivity index (χ4v) is 2.89. The number of anilines is 1. The normalized spacial score (nSPS) is 16.5. The standard InChI is InChI=1S/C19H21NO3/c1-13-8-9-16-18(10-13)23-14(2)12-20(16)19(21)11-15-6-4-5-7-17(15)22-3/h4-10,14H,11-12H2,1-3H3/t14-/m0/s1. The number of amides is 1. The van der Waals surface area contributed by atoms with Crippen molar-refractivity contribution < 1.29 is 14.3 Å². The summed E-state index contributed by atoms with van der Waals surface area (Å²) in [6.07, 6.45) is 0.287. The van der Waals surface area contributed by atoms with Crippen molar-refractivity contribution in [2.45, 2.75) is 26.4 Å². The average molecular weight is 311 g/mol. The maximum absolute atomic E-state index is 12.8. The van der Waals surface area contributed by atoms with Gasteiger partial charge in [0.25, 0.3) is 0 Å². The van der Waals surface area contributed by atoms with E-state index in [4.69, 9.17) is 9.47 Å². The predicted octanol–water partition coefficient (Wildman–Crippen LogP) is 3.36. The topological polar surface area (TPSA) is 38.8 Å². The van der Waals surface area contributed by atoms with Crippen LogP contribution >= 0.6 is 0 Å². The van der Waals surface area contributed by atoms with Gasteiger partial charge in [-0.25, -0.2) is 0 Å². The molecule has 0 aromatic heterocycles. The maximum atomic E-state index is 12.8. The molecule has 0 spiro atoms. The zero-order chi connectivity index (χ0) is 16.4. The van der Waals surface area contributed by atoms with E-state index in [0.717, 1.165) is 28.3 Å². The molecule has 23 heavy (non-hydrogen) atoms. The highest BCUT2D eigenvalue weighted by Crippen LogP contribution is 2.34. The molecule has 2 aromatic carbocycles. The molecule has 120 valence electrons. The molecule has 0 radical (unpaired) electrons. The van der Waals surface area contributed by atoms with Crippen LogP contribution in [0.2, 0.25) is 0 Å². The quantitative estimate of drug-likeness (QED) is 0.872. The highest BCUT2D eigenvalue weighted by atomic mass is 16.5. The third-order valence-corrected chi connectivity index (χ3v) is 4.01. The number of benzene rings is 2. The lowest BCUT2D eigenvalue weighted by atomic mass is 10.1. The molecule has 1 heterocycles. The molecule has 0 saturated carbocycles. The molecule has 0 N–H and O–H groups in total. The minimum Gasteiger partial charge on any atom is -0.496 e. The van der Waals surface area contributed by atoms with E-state index in [-0.39, 0.29) is 12.0 Å². The van der Waals surface area contributed by atoms with Crippen molar-refractivity contribution in [1.82, 2.24) is 0 Å². The lowest BCUT2D eigenvalue weighted by Gasteiger charge is -2.33. The van der Waals surface area contributed by atoms with Crippen LogP contribution in [0.3, 0.4) is 0 Å². The van der Waals surface area contributed by atoms with Crippen molar-refractivity contribution in [3.63, 3.8) is 0 Å². The van der Waals surface area contributed by atoms with E-state index in [0.29, 0.717) is 13.0 Å². The minimum absolute atomic E-state index is 0.0223. The van der Waals surface area contributed by atoms with Crippen molar-refractivity contribution >= 4 is 11.6 Å². The average Bonchev–Trinajstić information content (AvgIpc) is 2.54. The Hall–Kier alpha value is -2.49. The number of fused-ring (bicyclic) bond motifs is 1. The smallest absolute Gasteiger partial charge is 0.231 e. The summed E-state index contributed by atoms with van der Waals surface area (Å²) in [6, 6.07) is 13.6. The Morgan fingerprint density at radius 2 is 2.09 bits per heavy atom. The van der Waals surface area contributed by atoms with Gasteiger partial charge in [0.1, 0.15) is 17.6 Å². The lowest BCUT2D eigenvalue weighted by Crippen LogP contribution is -2.43. The Bertz CT molecular complexity index is 726. The molecular formula is C19H21NO3. The van der Waals surface area contributed by atoms with Gasteiger partial charge in [-0.05, 0) is 37.6 Å². The molecule has 0 unspecified atom stereocenters. The van der Waals surface area contributed by atoms with Gasteiger partial charge in [0, 0.05) is 5.56 Å². The van der Waals surface area contributed by atoms with Crippen LogP contribution in [0.5, 0.6) is 11.5 Å². The number of carbonyl (C=O) groups is 1. The molecule has 1 aliphatic heterocycles. The van der Waals surface area contributed by atoms with Gasteiger partial charge in [-0.1, -0.05) is 24.3 Å². The number of carbonyl (C=O) groups excluding carboxylic acids is 1. The molecule has 0 fully saturated rings. The number of ether oxygens (including phenoxy) is 2. The number of rotatable bonds is 3. The van der Waals surface area contributed by atoms with Gasteiger partial charge in [0.05, 0.1) is 25.8 Å². The van der Waals surface area contributed by atoms with Crippen LogP contribution in [0.15, 0.2) is 42.5 Å². The van der Waals surface area contributed by atoms with Crippen molar-refractivity contribution in [3.8, 4) is 11.5 Å². The molecule has 4 heteroatoms. The Morgan fingerprint density at radius 3 is 2.87 bits per heavy atom. The van der Waals surface area contributed by atoms with E-state index in [9.17, 15) is 4.79 Å².